The number of nitrogens with zero attached hydrogens (tertiary/aromatic N) is 2. The number of halogens is 1. The maximum Gasteiger partial charge on any atom is 0.257 e. The third kappa shape index (κ3) is 6.02. The van der Waals surface area contributed by atoms with Gasteiger partial charge in [-0.15, -0.1) is 0 Å². The second kappa shape index (κ2) is 9.84. The Morgan fingerprint density at radius 3 is 2.57 bits per heavy atom. The van der Waals surface area contributed by atoms with Crippen molar-refractivity contribution in [3.8, 4) is 5.75 Å². The van der Waals surface area contributed by atoms with Crippen LogP contribution in [0.5, 0.6) is 5.75 Å². The van der Waals surface area contributed by atoms with Crippen LogP contribution in [0.25, 0.3) is 12.2 Å². The van der Waals surface area contributed by atoms with Crippen LogP contribution >= 0.6 is 0 Å². The smallest absolute Gasteiger partial charge is 0.257 e. The number of ether oxygens (including phenoxy) is 2. The maximum atomic E-state index is 13.1. The average Bonchev–Trinajstić information content (AvgIpc) is 3.12. The molecule has 1 N–H and O–H groups in total. The van der Waals surface area contributed by atoms with Gasteiger partial charge in [-0.05, 0) is 48.4 Å². The molecule has 1 aromatic heterocycles. The fraction of sp³-hybridized carbons (Fsp3) is 0.217. The first-order valence-electron chi connectivity index (χ1n) is 9.48. The molecule has 0 saturated carbocycles. The Balaban J connectivity index is 1.87. The Bertz CT molecular complexity index is 1030. The zero-order valence-corrected chi connectivity index (χ0v) is 17.1. The summed E-state index contributed by atoms with van der Waals surface area (Å²) in [5.41, 5.74) is 2.05. The van der Waals surface area contributed by atoms with Gasteiger partial charge < -0.3 is 14.8 Å². The van der Waals surface area contributed by atoms with E-state index in [-0.39, 0.29) is 17.8 Å². The van der Waals surface area contributed by atoms with Crippen LogP contribution in [-0.4, -0.2) is 35.5 Å². The van der Waals surface area contributed by atoms with Crippen molar-refractivity contribution in [3.63, 3.8) is 0 Å². The molecule has 0 saturated heterocycles. The first kappa shape index (κ1) is 21.3. The van der Waals surface area contributed by atoms with E-state index in [9.17, 15) is 9.18 Å². The van der Waals surface area contributed by atoms with Crippen LogP contribution in [0.1, 0.15) is 28.4 Å². The second-order valence-corrected chi connectivity index (χ2v) is 6.89. The molecule has 3 rings (SSSR count). The van der Waals surface area contributed by atoms with E-state index in [1.807, 2.05) is 25.1 Å². The Kier molecular flexibility index (Phi) is 6.98. The van der Waals surface area contributed by atoms with E-state index in [4.69, 9.17) is 9.47 Å². The van der Waals surface area contributed by atoms with Crippen molar-refractivity contribution in [2.75, 3.05) is 19.0 Å². The number of benzene rings is 2. The fourth-order valence-electron chi connectivity index (χ4n) is 2.86. The van der Waals surface area contributed by atoms with E-state index in [1.165, 1.54) is 12.1 Å². The Hall–Kier alpha value is -3.45. The largest absolute Gasteiger partial charge is 0.488 e. The van der Waals surface area contributed by atoms with E-state index in [0.717, 1.165) is 11.1 Å². The quantitative estimate of drug-likeness (QED) is 0.560. The zero-order valence-electron chi connectivity index (χ0n) is 17.1. The molecule has 0 aliphatic carbocycles. The first-order chi connectivity index (χ1) is 14.4. The summed E-state index contributed by atoms with van der Waals surface area (Å²) in [5.74, 6) is 0.426. The highest BCUT2D eigenvalue weighted by Crippen LogP contribution is 2.22. The van der Waals surface area contributed by atoms with Gasteiger partial charge in [-0.25, -0.2) is 4.39 Å². The summed E-state index contributed by atoms with van der Waals surface area (Å²) >= 11 is 0. The highest BCUT2D eigenvalue weighted by atomic mass is 19.1. The van der Waals surface area contributed by atoms with Gasteiger partial charge in [-0.2, -0.15) is 5.10 Å². The SMILES string of the molecule is COC[C@H](C)Oc1cc(C=Cc2ccc(F)cc2)cc(C(=O)Nc2ccn(C)n2)c1. The lowest BCUT2D eigenvalue weighted by molar-refractivity contribution is 0.0917. The number of anilines is 1. The van der Waals surface area contributed by atoms with Crippen LogP contribution in [0.4, 0.5) is 10.2 Å². The molecule has 1 atom stereocenters. The van der Waals surface area contributed by atoms with Gasteiger partial charge in [0.25, 0.3) is 5.91 Å². The molecule has 1 heterocycles. The summed E-state index contributed by atoms with van der Waals surface area (Å²) in [6, 6.07) is 13.2. The lowest BCUT2D eigenvalue weighted by Crippen LogP contribution is -2.19. The van der Waals surface area contributed by atoms with Crippen LogP contribution in [-0.2, 0) is 11.8 Å². The summed E-state index contributed by atoms with van der Waals surface area (Å²) in [6.45, 7) is 2.31. The molecule has 3 aromatic rings. The van der Waals surface area contributed by atoms with Crippen molar-refractivity contribution in [3.05, 3.63) is 77.2 Å². The molecule has 0 aliphatic heterocycles. The van der Waals surface area contributed by atoms with Crippen molar-refractivity contribution in [2.24, 2.45) is 7.05 Å². The zero-order chi connectivity index (χ0) is 21.5. The third-order valence-corrected chi connectivity index (χ3v) is 4.22. The summed E-state index contributed by atoms with van der Waals surface area (Å²) in [7, 11) is 3.38. The molecule has 0 bridgehead atoms. The highest BCUT2D eigenvalue weighted by Gasteiger charge is 2.12. The molecule has 6 nitrogen and oxygen atoms in total. The van der Waals surface area contributed by atoms with Crippen molar-refractivity contribution in [1.29, 1.82) is 0 Å². The van der Waals surface area contributed by atoms with E-state index >= 15 is 0 Å². The molecule has 0 unspecified atom stereocenters. The summed E-state index contributed by atoms with van der Waals surface area (Å²) < 4.78 is 25.7. The van der Waals surface area contributed by atoms with E-state index in [2.05, 4.69) is 10.4 Å². The Morgan fingerprint density at radius 1 is 1.17 bits per heavy atom. The molecule has 156 valence electrons. The van der Waals surface area contributed by atoms with Gasteiger partial charge in [0.2, 0.25) is 0 Å². The summed E-state index contributed by atoms with van der Waals surface area (Å²) in [4.78, 5) is 12.7. The molecule has 0 radical (unpaired) electrons. The van der Waals surface area contributed by atoms with Crippen LogP contribution in [0.15, 0.2) is 54.7 Å². The summed E-state index contributed by atoms with van der Waals surface area (Å²) in [6.07, 6.45) is 5.26. The molecule has 7 heteroatoms. The fourth-order valence-corrected chi connectivity index (χ4v) is 2.86. The minimum Gasteiger partial charge on any atom is -0.488 e. The minimum atomic E-state index is -0.296. The third-order valence-electron chi connectivity index (χ3n) is 4.22. The van der Waals surface area contributed by atoms with Gasteiger partial charge in [0.15, 0.2) is 5.82 Å². The van der Waals surface area contributed by atoms with E-state index in [1.54, 1.807) is 55.4 Å². The number of aromatic nitrogens is 2. The van der Waals surface area contributed by atoms with Crippen LogP contribution in [0.2, 0.25) is 0 Å². The van der Waals surface area contributed by atoms with Crippen molar-refractivity contribution < 1.29 is 18.7 Å². The number of hydrogen-bond donors (Lipinski definition) is 1. The van der Waals surface area contributed by atoms with E-state index < -0.39 is 0 Å². The van der Waals surface area contributed by atoms with Gasteiger partial charge in [0, 0.05) is 32.0 Å². The van der Waals surface area contributed by atoms with Crippen LogP contribution in [0.3, 0.4) is 0 Å². The molecule has 2 aromatic carbocycles. The second-order valence-electron chi connectivity index (χ2n) is 6.89. The number of nitrogens with one attached hydrogen (secondary N) is 1. The van der Waals surface area contributed by atoms with Gasteiger partial charge in [-0.3, -0.25) is 9.48 Å². The number of methoxy groups -OCH3 is 1. The lowest BCUT2D eigenvalue weighted by Gasteiger charge is -2.15. The summed E-state index contributed by atoms with van der Waals surface area (Å²) in [5, 5.41) is 6.94. The Labute approximate surface area is 174 Å². The van der Waals surface area contributed by atoms with Crippen LogP contribution in [0, 0.1) is 5.82 Å². The van der Waals surface area contributed by atoms with Gasteiger partial charge in [0.05, 0.1) is 6.61 Å². The number of aryl methyl sites for hydroxylation is 1. The maximum absolute atomic E-state index is 13.1. The topological polar surface area (TPSA) is 65.4 Å². The number of carbonyl (C=O) groups is 1. The Morgan fingerprint density at radius 2 is 1.90 bits per heavy atom. The number of amides is 1. The monoisotopic (exact) mass is 409 g/mol. The van der Waals surface area contributed by atoms with Crippen molar-refractivity contribution >= 4 is 23.9 Å². The van der Waals surface area contributed by atoms with Crippen molar-refractivity contribution in [2.45, 2.75) is 13.0 Å². The predicted molar refractivity (Wildman–Crippen MR) is 115 cm³/mol. The average molecular weight is 409 g/mol. The minimum absolute atomic E-state index is 0.182. The van der Waals surface area contributed by atoms with Gasteiger partial charge >= 0.3 is 0 Å². The molecule has 0 spiro atoms. The predicted octanol–water partition coefficient (Wildman–Crippen LogP) is 4.40. The standard InChI is InChI=1S/C23H24FN3O3/c1-16(15-29-3)30-21-13-18(5-4-17-6-8-20(24)9-7-17)12-19(14-21)23(28)25-22-10-11-27(2)26-22/h4-14,16H,15H2,1-3H3,(H,25,26,28)/t16-/m0/s1. The highest BCUT2D eigenvalue weighted by molar-refractivity contribution is 6.04. The van der Waals surface area contributed by atoms with Gasteiger partial charge in [0.1, 0.15) is 17.7 Å². The normalized spacial score (nSPS) is 12.1. The van der Waals surface area contributed by atoms with Gasteiger partial charge in [-0.1, -0.05) is 24.3 Å². The first-order valence-corrected chi connectivity index (χ1v) is 9.48. The number of rotatable bonds is 8. The molecule has 1 amide bonds. The molecular formula is C23H24FN3O3. The molecular weight excluding hydrogens is 385 g/mol. The lowest BCUT2D eigenvalue weighted by atomic mass is 10.1. The molecule has 30 heavy (non-hydrogen) atoms. The van der Waals surface area contributed by atoms with Crippen molar-refractivity contribution in [1.82, 2.24) is 9.78 Å². The number of hydrogen-bond acceptors (Lipinski definition) is 4. The number of carbonyl (C=O) groups excluding carboxylic acids is 1. The molecule has 0 aliphatic rings. The molecule has 0 fully saturated rings. The van der Waals surface area contributed by atoms with Crippen LogP contribution < -0.4 is 10.1 Å². The van der Waals surface area contributed by atoms with E-state index in [0.29, 0.717) is 23.7 Å².